The van der Waals surface area contributed by atoms with Crippen molar-refractivity contribution < 1.29 is 24.2 Å². The zero-order valence-corrected chi connectivity index (χ0v) is 14.0. The van der Waals surface area contributed by atoms with Crippen molar-refractivity contribution in [1.29, 1.82) is 0 Å². The smallest absolute Gasteiger partial charge is 0.322 e. The lowest BCUT2D eigenvalue weighted by Gasteiger charge is -2.08. The fraction of sp³-hybridized carbons (Fsp3) is 0.0556. The molecule has 0 unspecified atom stereocenters. The van der Waals surface area contributed by atoms with Gasteiger partial charge in [0.25, 0.3) is 5.91 Å². The monoisotopic (exact) mass is 373 g/mol. The van der Waals surface area contributed by atoms with E-state index in [2.05, 4.69) is 5.32 Å². The lowest BCUT2D eigenvalue weighted by atomic mass is 10.0. The lowest BCUT2D eigenvalue weighted by Crippen LogP contribution is -2.32. The van der Waals surface area contributed by atoms with Crippen molar-refractivity contribution in [3.8, 4) is 16.9 Å². The molecule has 0 fully saturated rings. The van der Waals surface area contributed by atoms with E-state index in [9.17, 15) is 23.9 Å². The predicted octanol–water partition coefficient (Wildman–Crippen LogP) is 2.59. The molecular formula is C18H12FNO5S. The Morgan fingerprint density at radius 2 is 1.85 bits per heavy atom. The largest absolute Gasteiger partial charge is 0.506 e. The molecule has 0 aliphatic carbocycles. The highest BCUT2D eigenvalue weighted by Gasteiger charge is 2.20. The Balaban J connectivity index is 2.08. The SMILES string of the molecule is O=C(O)CNC(=O)c1c(O)c2ccc(-c3cccc(F)c3)cc2sc1=O. The summed E-state index contributed by atoms with van der Waals surface area (Å²) < 4.78 is 13.1. The zero-order chi connectivity index (χ0) is 18.8. The van der Waals surface area contributed by atoms with Crippen molar-refractivity contribution in [2.24, 2.45) is 0 Å². The number of hydrogen-bond acceptors (Lipinski definition) is 5. The second-order valence-electron chi connectivity index (χ2n) is 5.41. The van der Waals surface area contributed by atoms with Gasteiger partial charge in [0.2, 0.25) is 4.74 Å². The number of aliphatic carboxylic acids is 1. The maximum absolute atomic E-state index is 13.4. The Hall–Kier alpha value is -3.26. The van der Waals surface area contributed by atoms with Gasteiger partial charge in [-0.25, -0.2) is 4.39 Å². The number of fused-ring (bicyclic) bond motifs is 1. The zero-order valence-electron chi connectivity index (χ0n) is 13.2. The van der Waals surface area contributed by atoms with E-state index >= 15 is 0 Å². The van der Waals surface area contributed by atoms with Gasteiger partial charge in [-0.1, -0.05) is 29.5 Å². The topological polar surface area (TPSA) is 104 Å². The molecule has 0 atom stereocenters. The molecule has 3 aromatic rings. The van der Waals surface area contributed by atoms with Gasteiger partial charge in [0.1, 0.15) is 23.7 Å². The number of nitrogens with one attached hydrogen (secondary N) is 1. The van der Waals surface area contributed by atoms with E-state index in [1.165, 1.54) is 18.2 Å². The summed E-state index contributed by atoms with van der Waals surface area (Å²) in [5.41, 5.74) is 0.756. The van der Waals surface area contributed by atoms with Gasteiger partial charge in [0.05, 0.1) is 0 Å². The fourth-order valence-electron chi connectivity index (χ4n) is 2.48. The van der Waals surface area contributed by atoms with Crippen molar-refractivity contribution in [2.45, 2.75) is 0 Å². The Bertz CT molecular complexity index is 1090. The first-order chi connectivity index (χ1) is 12.4. The fourth-order valence-corrected chi connectivity index (χ4v) is 3.43. The van der Waals surface area contributed by atoms with E-state index in [0.29, 0.717) is 15.8 Å². The molecule has 0 saturated carbocycles. The van der Waals surface area contributed by atoms with E-state index in [1.54, 1.807) is 24.3 Å². The van der Waals surface area contributed by atoms with Gasteiger partial charge < -0.3 is 15.5 Å². The maximum atomic E-state index is 13.4. The van der Waals surface area contributed by atoms with E-state index in [1.807, 2.05) is 0 Å². The van der Waals surface area contributed by atoms with Crippen LogP contribution in [0.25, 0.3) is 21.2 Å². The molecule has 0 radical (unpaired) electrons. The number of rotatable bonds is 4. The Labute approximate surface area is 150 Å². The second kappa shape index (κ2) is 6.93. The van der Waals surface area contributed by atoms with Crippen molar-refractivity contribution in [3.05, 3.63) is 63.4 Å². The van der Waals surface area contributed by atoms with Crippen LogP contribution >= 0.6 is 11.3 Å². The summed E-state index contributed by atoms with van der Waals surface area (Å²) in [7, 11) is 0. The number of carbonyl (C=O) groups is 2. The minimum atomic E-state index is -1.27. The van der Waals surface area contributed by atoms with Crippen LogP contribution in [0, 0.1) is 5.82 Å². The first-order valence-electron chi connectivity index (χ1n) is 7.42. The lowest BCUT2D eigenvalue weighted by molar-refractivity contribution is -0.135. The normalized spacial score (nSPS) is 10.7. The van der Waals surface area contributed by atoms with Crippen molar-refractivity contribution in [2.75, 3.05) is 6.54 Å². The molecule has 1 heterocycles. The molecular weight excluding hydrogens is 361 g/mol. The Morgan fingerprint density at radius 3 is 2.54 bits per heavy atom. The number of carboxylic acid groups (broad SMARTS) is 1. The van der Waals surface area contributed by atoms with Crippen molar-refractivity contribution >= 4 is 33.3 Å². The molecule has 1 aromatic heterocycles. The molecule has 0 spiro atoms. The number of benzene rings is 2. The van der Waals surface area contributed by atoms with Crippen LogP contribution < -0.4 is 10.1 Å². The standard InChI is InChI=1S/C18H12FNO5S/c19-11-3-1-2-9(6-11)10-4-5-12-13(7-10)26-18(25)15(16(12)23)17(24)20-8-14(21)22/h1-7,23H,8H2,(H,20,24)(H,21,22). The highest BCUT2D eigenvalue weighted by atomic mass is 32.1. The molecule has 1 amide bonds. The molecule has 6 nitrogen and oxygen atoms in total. The van der Waals surface area contributed by atoms with Crippen LogP contribution in [0.1, 0.15) is 10.4 Å². The van der Waals surface area contributed by atoms with Crippen molar-refractivity contribution in [3.63, 3.8) is 0 Å². The summed E-state index contributed by atoms with van der Waals surface area (Å²) in [5, 5.41) is 21.2. The number of aromatic hydroxyl groups is 1. The van der Waals surface area contributed by atoms with E-state index in [4.69, 9.17) is 5.11 Å². The molecule has 0 saturated heterocycles. The summed E-state index contributed by atoms with van der Waals surface area (Å²) in [6.45, 7) is -0.668. The van der Waals surface area contributed by atoms with Crippen molar-refractivity contribution in [1.82, 2.24) is 5.32 Å². The number of carboxylic acids is 1. The van der Waals surface area contributed by atoms with E-state index in [-0.39, 0.29) is 5.39 Å². The van der Waals surface area contributed by atoms with Gasteiger partial charge in [0, 0.05) is 10.1 Å². The summed E-state index contributed by atoms with van der Waals surface area (Å²) in [6, 6.07) is 10.7. The molecule has 8 heteroatoms. The third-order valence-corrected chi connectivity index (χ3v) is 4.61. The quantitative estimate of drug-likeness (QED) is 0.652. The molecule has 0 aliphatic heterocycles. The van der Waals surface area contributed by atoms with Gasteiger partial charge in [-0.15, -0.1) is 0 Å². The second-order valence-corrected chi connectivity index (χ2v) is 6.43. The minimum Gasteiger partial charge on any atom is -0.506 e. The number of carbonyl (C=O) groups excluding carboxylic acids is 1. The van der Waals surface area contributed by atoms with Gasteiger partial charge in [0.15, 0.2) is 0 Å². The molecule has 0 bridgehead atoms. The summed E-state index contributed by atoms with van der Waals surface area (Å²) in [5.74, 6) is -3.14. The Morgan fingerprint density at radius 1 is 1.12 bits per heavy atom. The van der Waals surface area contributed by atoms with Crippen LogP contribution in [0.4, 0.5) is 4.39 Å². The van der Waals surface area contributed by atoms with Crippen LogP contribution in [-0.2, 0) is 4.79 Å². The van der Waals surface area contributed by atoms with Gasteiger partial charge in [-0.2, -0.15) is 0 Å². The average Bonchev–Trinajstić information content (AvgIpc) is 2.59. The average molecular weight is 373 g/mol. The number of hydrogen-bond donors (Lipinski definition) is 3. The van der Waals surface area contributed by atoms with E-state index in [0.717, 1.165) is 11.3 Å². The van der Waals surface area contributed by atoms with Gasteiger partial charge in [-0.05, 0) is 35.4 Å². The van der Waals surface area contributed by atoms with E-state index < -0.39 is 40.3 Å². The number of halogens is 1. The van der Waals surface area contributed by atoms with Crippen LogP contribution in [-0.4, -0.2) is 28.6 Å². The van der Waals surface area contributed by atoms with Crippen LogP contribution in [0.2, 0.25) is 0 Å². The summed E-state index contributed by atoms with van der Waals surface area (Å²) in [6.07, 6.45) is 0. The summed E-state index contributed by atoms with van der Waals surface area (Å²) in [4.78, 5) is 34.8. The van der Waals surface area contributed by atoms with Crippen LogP contribution in [0.3, 0.4) is 0 Å². The maximum Gasteiger partial charge on any atom is 0.322 e. The van der Waals surface area contributed by atoms with Gasteiger partial charge >= 0.3 is 5.97 Å². The summed E-state index contributed by atoms with van der Waals surface area (Å²) >= 11 is 0.741. The predicted molar refractivity (Wildman–Crippen MR) is 95.1 cm³/mol. The third kappa shape index (κ3) is 3.40. The molecule has 0 aliphatic rings. The van der Waals surface area contributed by atoms with Gasteiger partial charge in [-0.3, -0.25) is 14.4 Å². The first-order valence-corrected chi connectivity index (χ1v) is 8.24. The highest BCUT2D eigenvalue weighted by molar-refractivity contribution is 7.16. The third-order valence-electron chi connectivity index (χ3n) is 3.67. The van der Waals surface area contributed by atoms with Crippen LogP contribution in [0.5, 0.6) is 5.75 Å². The molecule has 3 rings (SSSR count). The minimum absolute atomic E-state index is 0.273. The highest BCUT2D eigenvalue weighted by Crippen LogP contribution is 2.32. The number of amides is 1. The molecule has 3 N–H and O–H groups in total. The molecule has 2 aromatic carbocycles. The van der Waals surface area contributed by atoms with Crippen LogP contribution in [0.15, 0.2) is 47.3 Å². The molecule has 26 heavy (non-hydrogen) atoms. The Kier molecular flexibility index (Phi) is 4.68. The molecule has 132 valence electrons. The first kappa shape index (κ1) is 17.6.